The van der Waals surface area contributed by atoms with Gasteiger partial charge in [0.05, 0.1) is 22.9 Å². The highest BCUT2D eigenvalue weighted by molar-refractivity contribution is 6.42. The van der Waals surface area contributed by atoms with Gasteiger partial charge in [-0.3, -0.25) is 9.59 Å². The zero-order valence-corrected chi connectivity index (χ0v) is 23.3. The first-order valence-electron chi connectivity index (χ1n) is 12.2. The molecule has 3 aromatic carbocycles. The van der Waals surface area contributed by atoms with Gasteiger partial charge in [0.15, 0.2) is 11.5 Å². The van der Waals surface area contributed by atoms with Gasteiger partial charge >= 0.3 is 0 Å². The van der Waals surface area contributed by atoms with Gasteiger partial charge < -0.3 is 14.8 Å². The van der Waals surface area contributed by atoms with E-state index in [1.165, 1.54) is 23.9 Å². The maximum atomic E-state index is 12.8. The molecular weight excluding hydrogens is 525 g/mol. The molecular formula is C29H31Cl2N3O4. The van der Waals surface area contributed by atoms with E-state index < -0.39 is 17.9 Å². The topological polar surface area (TPSA) is 89.0 Å². The third kappa shape index (κ3) is 8.23. The number of hydrogen-bond donors (Lipinski definition) is 2. The average Bonchev–Trinajstić information content (AvgIpc) is 2.88. The lowest BCUT2D eigenvalue weighted by Crippen LogP contribution is -2.48. The molecule has 3 rings (SSSR count). The fourth-order valence-corrected chi connectivity index (χ4v) is 3.89. The van der Waals surface area contributed by atoms with Gasteiger partial charge in [0, 0.05) is 5.56 Å². The number of aryl methyl sites for hydroxylation is 1. The van der Waals surface area contributed by atoms with E-state index in [2.05, 4.69) is 21.9 Å². The van der Waals surface area contributed by atoms with Crippen molar-refractivity contribution in [2.75, 3.05) is 6.61 Å². The molecule has 2 N–H and O–H groups in total. The molecule has 2 amide bonds. The van der Waals surface area contributed by atoms with Crippen LogP contribution >= 0.6 is 23.2 Å². The van der Waals surface area contributed by atoms with Crippen LogP contribution in [-0.2, 0) is 11.4 Å². The number of hydrogen-bond acceptors (Lipinski definition) is 5. The van der Waals surface area contributed by atoms with Crippen LogP contribution in [0, 0.1) is 12.8 Å². The van der Waals surface area contributed by atoms with E-state index in [-0.39, 0.29) is 10.9 Å². The number of amides is 2. The normalized spacial score (nSPS) is 11.9. The van der Waals surface area contributed by atoms with Crippen molar-refractivity contribution in [1.29, 1.82) is 0 Å². The van der Waals surface area contributed by atoms with E-state index in [1.807, 2.05) is 52.0 Å². The van der Waals surface area contributed by atoms with Crippen molar-refractivity contribution in [2.24, 2.45) is 11.0 Å². The first kappa shape index (κ1) is 29.0. The van der Waals surface area contributed by atoms with E-state index in [0.29, 0.717) is 40.9 Å². The van der Waals surface area contributed by atoms with Gasteiger partial charge in [0.1, 0.15) is 12.6 Å². The second-order valence-corrected chi connectivity index (χ2v) is 9.79. The highest BCUT2D eigenvalue weighted by Gasteiger charge is 2.24. The van der Waals surface area contributed by atoms with Crippen LogP contribution in [0.4, 0.5) is 0 Å². The van der Waals surface area contributed by atoms with Crippen LogP contribution < -0.4 is 20.2 Å². The third-order valence-corrected chi connectivity index (χ3v) is 6.29. The molecule has 0 radical (unpaired) electrons. The maximum absolute atomic E-state index is 12.8. The number of hydrazone groups is 1. The Morgan fingerprint density at radius 1 is 0.974 bits per heavy atom. The van der Waals surface area contributed by atoms with E-state index in [1.54, 1.807) is 18.2 Å². The molecule has 200 valence electrons. The second kappa shape index (κ2) is 13.8. The summed E-state index contributed by atoms with van der Waals surface area (Å²) in [5.74, 6) is 0.104. The number of carbonyl (C=O) groups is 2. The molecule has 1 unspecified atom stereocenters. The number of rotatable bonds is 11. The second-order valence-electron chi connectivity index (χ2n) is 8.98. The van der Waals surface area contributed by atoms with Gasteiger partial charge in [-0.05, 0) is 67.3 Å². The van der Waals surface area contributed by atoms with Gasteiger partial charge in [-0.2, -0.15) is 5.10 Å². The van der Waals surface area contributed by atoms with Crippen LogP contribution in [0.3, 0.4) is 0 Å². The number of benzene rings is 3. The summed E-state index contributed by atoms with van der Waals surface area (Å²) in [7, 11) is 0. The number of nitrogens with zero attached hydrogens (tertiary/aromatic N) is 1. The van der Waals surface area contributed by atoms with Gasteiger partial charge in [-0.15, -0.1) is 0 Å². The molecule has 0 fully saturated rings. The maximum Gasteiger partial charge on any atom is 0.262 e. The summed E-state index contributed by atoms with van der Waals surface area (Å²) >= 11 is 11.9. The van der Waals surface area contributed by atoms with Gasteiger partial charge in [-0.25, -0.2) is 5.43 Å². The van der Waals surface area contributed by atoms with Crippen molar-refractivity contribution in [3.63, 3.8) is 0 Å². The van der Waals surface area contributed by atoms with E-state index in [9.17, 15) is 9.59 Å². The summed E-state index contributed by atoms with van der Waals surface area (Å²) in [6.45, 7) is 8.46. The lowest BCUT2D eigenvalue weighted by Gasteiger charge is -2.20. The van der Waals surface area contributed by atoms with Gasteiger partial charge in [0.2, 0.25) is 0 Å². The molecule has 0 saturated carbocycles. The van der Waals surface area contributed by atoms with Crippen LogP contribution in [0.5, 0.6) is 11.5 Å². The predicted molar refractivity (Wildman–Crippen MR) is 151 cm³/mol. The van der Waals surface area contributed by atoms with Crippen LogP contribution in [0.25, 0.3) is 0 Å². The minimum absolute atomic E-state index is 0.189. The van der Waals surface area contributed by atoms with Crippen molar-refractivity contribution >= 4 is 41.2 Å². The lowest BCUT2D eigenvalue weighted by atomic mass is 10.0. The standard InChI is InChI=1S/C29H31Cl2N3O4/c1-5-37-26-14-20(9-12-25(26)38-17-21-8-6-7-19(4)13-21)16-32-34-29(36)27(18(2)3)33-28(35)22-10-11-23(30)24(31)15-22/h6-16,18,27H,5,17H2,1-4H3,(H,33,35)(H,34,36). The fraction of sp³-hybridized carbons (Fsp3) is 0.276. The fourth-order valence-electron chi connectivity index (χ4n) is 3.59. The third-order valence-electron chi connectivity index (χ3n) is 5.55. The number of halogens is 2. The van der Waals surface area contributed by atoms with Crippen LogP contribution in [-0.4, -0.2) is 30.7 Å². The quantitative estimate of drug-likeness (QED) is 0.218. The van der Waals surface area contributed by atoms with Gasteiger partial charge in [-0.1, -0.05) is 66.9 Å². The van der Waals surface area contributed by atoms with Crippen molar-refractivity contribution in [1.82, 2.24) is 10.7 Å². The summed E-state index contributed by atoms with van der Waals surface area (Å²) in [5, 5.41) is 7.40. The Morgan fingerprint density at radius 3 is 2.45 bits per heavy atom. The van der Waals surface area contributed by atoms with Crippen LogP contribution in [0.1, 0.15) is 47.8 Å². The van der Waals surface area contributed by atoms with Crippen molar-refractivity contribution in [3.05, 3.63) is 93.0 Å². The first-order chi connectivity index (χ1) is 18.2. The molecule has 0 saturated heterocycles. The minimum atomic E-state index is -0.814. The largest absolute Gasteiger partial charge is 0.490 e. The summed E-state index contributed by atoms with van der Waals surface area (Å²) in [6.07, 6.45) is 1.50. The number of ether oxygens (including phenoxy) is 2. The average molecular weight is 556 g/mol. The highest BCUT2D eigenvalue weighted by Crippen LogP contribution is 2.29. The molecule has 0 aromatic heterocycles. The molecule has 38 heavy (non-hydrogen) atoms. The minimum Gasteiger partial charge on any atom is -0.490 e. The summed E-state index contributed by atoms with van der Waals surface area (Å²) in [4.78, 5) is 25.5. The van der Waals surface area contributed by atoms with Crippen molar-refractivity contribution in [2.45, 2.75) is 40.3 Å². The Morgan fingerprint density at radius 2 is 1.76 bits per heavy atom. The van der Waals surface area contributed by atoms with Crippen molar-refractivity contribution < 1.29 is 19.1 Å². The first-order valence-corrected chi connectivity index (χ1v) is 13.0. The number of carbonyl (C=O) groups excluding carboxylic acids is 2. The molecule has 1 atom stereocenters. The SMILES string of the molecule is CCOc1cc(C=NNC(=O)C(NC(=O)c2ccc(Cl)c(Cl)c2)C(C)C)ccc1OCc1cccc(C)c1. The molecule has 0 bridgehead atoms. The van der Waals surface area contributed by atoms with E-state index in [4.69, 9.17) is 32.7 Å². The molecule has 0 heterocycles. The Bertz CT molecular complexity index is 1310. The smallest absolute Gasteiger partial charge is 0.262 e. The molecule has 7 nitrogen and oxygen atoms in total. The molecule has 0 aliphatic carbocycles. The predicted octanol–water partition coefficient (Wildman–Crippen LogP) is 6.18. The Labute approximate surface area is 233 Å². The molecule has 0 aliphatic heterocycles. The Kier molecular flexibility index (Phi) is 10.6. The summed E-state index contributed by atoms with van der Waals surface area (Å²) < 4.78 is 11.7. The molecule has 9 heteroatoms. The van der Waals surface area contributed by atoms with Crippen molar-refractivity contribution in [3.8, 4) is 11.5 Å². The summed E-state index contributed by atoms with van der Waals surface area (Å²) in [6, 6.07) is 17.2. The molecule has 0 spiro atoms. The Balaban J connectivity index is 1.64. The van der Waals surface area contributed by atoms with E-state index in [0.717, 1.165) is 5.56 Å². The van der Waals surface area contributed by atoms with Crippen LogP contribution in [0.15, 0.2) is 65.8 Å². The molecule has 0 aliphatic rings. The molecule has 3 aromatic rings. The van der Waals surface area contributed by atoms with E-state index >= 15 is 0 Å². The highest BCUT2D eigenvalue weighted by atomic mass is 35.5. The van der Waals surface area contributed by atoms with Gasteiger partial charge in [0.25, 0.3) is 11.8 Å². The zero-order chi connectivity index (χ0) is 27.7. The Hall–Kier alpha value is -3.55. The zero-order valence-electron chi connectivity index (χ0n) is 21.8. The lowest BCUT2D eigenvalue weighted by molar-refractivity contribution is -0.123. The monoisotopic (exact) mass is 555 g/mol. The number of nitrogens with one attached hydrogen (secondary N) is 2. The summed E-state index contributed by atoms with van der Waals surface area (Å²) in [5.41, 5.74) is 5.74. The van der Waals surface area contributed by atoms with Crippen LogP contribution in [0.2, 0.25) is 10.0 Å².